The Bertz CT molecular complexity index is 551. The molecule has 1 saturated heterocycles. The number of likely N-dealkylation sites (tertiary alicyclic amines) is 1. The molecule has 2 fully saturated rings. The predicted octanol–water partition coefficient (Wildman–Crippen LogP) is 2.75. The van der Waals surface area contributed by atoms with Gasteiger partial charge in [0, 0.05) is 32.2 Å². The van der Waals surface area contributed by atoms with E-state index in [0.29, 0.717) is 18.7 Å². The molecule has 0 bridgehead atoms. The lowest BCUT2D eigenvalue weighted by atomic mass is 9.89. The Kier molecular flexibility index (Phi) is 5.41. The Morgan fingerprint density at radius 3 is 2.29 bits per heavy atom. The predicted molar refractivity (Wildman–Crippen MR) is 91.5 cm³/mol. The van der Waals surface area contributed by atoms with Crippen molar-refractivity contribution in [1.29, 1.82) is 0 Å². The Labute approximate surface area is 143 Å². The van der Waals surface area contributed by atoms with E-state index in [9.17, 15) is 9.90 Å². The Hall–Kier alpha value is -1.59. The van der Waals surface area contributed by atoms with Gasteiger partial charge in [-0.05, 0) is 43.4 Å². The molecule has 3 rings (SSSR count). The van der Waals surface area contributed by atoms with E-state index in [-0.39, 0.29) is 11.8 Å². The van der Waals surface area contributed by atoms with Crippen molar-refractivity contribution in [1.82, 2.24) is 4.90 Å². The normalized spacial score (nSPS) is 31.1. The number of carbonyl (C=O) groups is 1. The van der Waals surface area contributed by atoms with Crippen LogP contribution in [-0.4, -0.2) is 55.4 Å². The number of methoxy groups -OCH3 is 2. The van der Waals surface area contributed by atoms with Crippen LogP contribution in [0.3, 0.4) is 0 Å². The highest BCUT2D eigenvalue weighted by molar-refractivity contribution is 5.72. The van der Waals surface area contributed by atoms with E-state index in [4.69, 9.17) is 9.47 Å². The molecule has 1 N–H and O–H groups in total. The second-order valence-electron chi connectivity index (χ2n) is 6.94. The summed E-state index contributed by atoms with van der Waals surface area (Å²) in [7, 11) is 3.42. The molecule has 1 aromatic carbocycles. The summed E-state index contributed by atoms with van der Waals surface area (Å²) in [6, 6.07) is 8.33. The van der Waals surface area contributed by atoms with Crippen LogP contribution < -0.4 is 4.74 Å². The topological polar surface area (TPSA) is 59.0 Å². The third-order valence-electron chi connectivity index (χ3n) is 5.70. The lowest BCUT2D eigenvalue weighted by Crippen LogP contribution is -2.38. The fourth-order valence-corrected chi connectivity index (χ4v) is 4.22. The average molecular weight is 333 g/mol. The highest BCUT2D eigenvalue weighted by Gasteiger charge is 2.41. The van der Waals surface area contributed by atoms with Crippen molar-refractivity contribution in [2.24, 2.45) is 5.92 Å². The molecule has 0 amide bonds. The van der Waals surface area contributed by atoms with Crippen LogP contribution in [0.1, 0.15) is 37.2 Å². The number of benzene rings is 1. The minimum absolute atomic E-state index is 0.0496. The summed E-state index contributed by atoms with van der Waals surface area (Å²) in [4.78, 5) is 14.2. The van der Waals surface area contributed by atoms with Crippen LogP contribution in [0.15, 0.2) is 24.3 Å². The van der Waals surface area contributed by atoms with E-state index in [2.05, 4.69) is 4.90 Å². The quantitative estimate of drug-likeness (QED) is 0.898. The molecular formula is C19H27NO4. The first-order chi connectivity index (χ1) is 11.6. The highest BCUT2D eigenvalue weighted by Crippen LogP contribution is 2.37. The van der Waals surface area contributed by atoms with Gasteiger partial charge in [-0.2, -0.15) is 0 Å². The van der Waals surface area contributed by atoms with Crippen molar-refractivity contribution >= 4 is 5.97 Å². The molecule has 24 heavy (non-hydrogen) atoms. The van der Waals surface area contributed by atoms with Crippen molar-refractivity contribution in [2.75, 3.05) is 27.3 Å². The summed E-state index contributed by atoms with van der Waals surface area (Å²) < 4.78 is 10.7. The molecule has 132 valence electrons. The minimum atomic E-state index is -0.691. The summed E-state index contributed by atoms with van der Waals surface area (Å²) >= 11 is 0. The zero-order valence-corrected chi connectivity index (χ0v) is 14.5. The first kappa shape index (κ1) is 17.2. The van der Waals surface area contributed by atoms with E-state index < -0.39 is 5.97 Å². The van der Waals surface area contributed by atoms with Gasteiger partial charge in [0.25, 0.3) is 0 Å². The molecule has 1 aromatic rings. The van der Waals surface area contributed by atoms with Crippen molar-refractivity contribution in [3.05, 3.63) is 29.8 Å². The molecule has 0 spiro atoms. The molecule has 1 saturated carbocycles. The number of carboxylic acid groups (broad SMARTS) is 1. The van der Waals surface area contributed by atoms with Gasteiger partial charge in [-0.1, -0.05) is 12.1 Å². The Morgan fingerprint density at radius 1 is 1.08 bits per heavy atom. The molecule has 2 atom stereocenters. The molecule has 1 heterocycles. The monoisotopic (exact) mass is 333 g/mol. The van der Waals surface area contributed by atoms with Crippen molar-refractivity contribution < 1.29 is 19.4 Å². The number of rotatable bonds is 5. The largest absolute Gasteiger partial charge is 0.497 e. The highest BCUT2D eigenvalue weighted by atomic mass is 16.5. The molecular weight excluding hydrogens is 306 g/mol. The van der Waals surface area contributed by atoms with Crippen LogP contribution in [0.5, 0.6) is 5.75 Å². The van der Waals surface area contributed by atoms with E-state index >= 15 is 0 Å². The third-order valence-corrected chi connectivity index (χ3v) is 5.70. The van der Waals surface area contributed by atoms with Gasteiger partial charge >= 0.3 is 5.97 Å². The second-order valence-corrected chi connectivity index (χ2v) is 6.94. The van der Waals surface area contributed by atoms with Gasteiger partial charge < -0.3 is 14.6 Å². The second kappa shape index (κ2) is 7.53. The zero-order valence-electron chi connectivity index (χ0n) is 14.5. The van der Waals surface area contributed by atoms with Crippen LogP contribution in [-0.2, 0) is 9.53 Å². The fourth-order valence-electron chi connectivity index (χ4n) is 4.22. The smallest absolute Gasteiger partial charge is 0.308 e. The van der Waals surface area contributed by atoms with Crippen molar-refractivity contribution in [2.45, 2.75) is 43.7 Å². The van der Waals surface area contributed by atoms with Gasteiger partial charge in [0.1, 0.15) is 5.75 Å². The van der Waals surface area contributed by atoms with Crippen LogP contribution in [0.4, 0.5) is 0 Å². The van der Waals surface area contributed by atoms with E-state index in [1.54, 1.807) is 14.2 Å². The van der Waals surface area contributed by atoms with E-state index in [1.165, 1.54) is 0 Å². The van der Waals surface area contributed by atoms with Crippen LogP contribution >= 0.6 is 0 Å². The van der Waals surface area contributed by atoms with Gasteiger partial charge in [-0.15, -0.1) is 0 Å². The molecule has 0 aromatic heterocycles. The maximum Gasteiger partial charge on any atom is 0.308 e. The summed E-state index contributed by atoms with van der Waals surface area (Å²) in [6.07, 6.45) is 4.71. The standard InChI is InChI=1S/C19H27NO4/c1-23-15-7-3-13(4-8-15)17-11-20(12-18(17)19(21)22)14-5-9-16(24-2)10-6-14/h3-4,7-8,14,16-18H,5-6,9-12H2,1-2H3,(H,21,22)/t14?,16?,17-,18+/m0/s1. The SMILES string of the molecule is COc1ccc([C@@H]2CN(C3CCC(OC)CC3)C[C@H]2C(=O)O)cc1. The Balaban J connectivity index is 1.71. The molecule has 2 aliphatic rings. The first-order valence-corrected chi connectivity index (χ1v) is 8.76. The summed E-state index contributed by atoms with van der Waals surface area (Å²) in [5.74, 6) is -0.172. The van der Waals surface area contributed by atoms with Gasteiger partial charge in [-0.25, -0.2) is 0 Å². The number of hydrogen-bond donors (Lipinski definition) is 1. The van der Waals surface area contributed by atoms with Gasteiger partial charge in [0.2, 0.25) is 0 Å². The van der Waals surface area contributed by atoms with E-state index in [0.717, 1.165) is 43.5 Å². The van der Waals surface area contributed by atoms with Crippen LogP contribution in [0.2, 0.25) is 0 Å². The van der Waals surface area contributed by atoms with Crippen LogP contribution in [0, 0.1) is 5.92 Å². The van der Waals surface area contributed by atoms with E-state index in [1.807, 2.05) is 24.3 Å². The molecule has 0 radical (unpaired) electrons. The van der Waals surface area contributed by atoms with Gasteiger partial charge in [0.05, 0.1) is 19.1 Å². The van der Waals surface area contributed by atoms with Gasteiger partial charge in [0.15, 0.2) is 0 Å². The third kappa shape index (κ3) is 3.57. The summed E-state index contributed by atoms with van der Waals surface area (Å²) in [5, 5.41) is 9.67. The van der Waals surface area contributed by atoms with Gasteiger partial charge in [-0.3, -0.25) is 9.69 Å². The summed E-state index contributed by atoms with van der Waals surface area (Å²) in [5.41, 5.74) is 1.09. The average Bonchev–Trinajstić information content (AvgIpc) is 3.07. The minimum Gasteiger partial charge on any atom is -0.497 e. The molecule has 0 unspecified atom stereocenters. The number of ether oxygens (including phenoxy) is 2. The number of hydrogen-bond acceptors (Lipinski definition) is 4. The van der Waals surface area contributed by atoms with Crippen molar-refractivity contribution in [3.63, 3.8) is 0 Å². The van der Waals surface area contributed by atoms with Crippen LogP contribution in [0.25, 0.3) is 0 Å². The maximum atomic E-state index is 11.8. The Morgan fingerprint density at radius 2 is 1.75 bits per heavy atom. The molecule has 1 aliphatic carbocycles. The number of nitrogens with zero attached hydrogens (tertiary/aromatic N) is 1. The number of carboxylic acids is 1. The summed E-state index contributed by atoms with van der Waals surface area (Å²) in [6.45, 7) is 1.47. The lowest BCUT2D eigenvalue weighted by molar-refractivity contribution is -0.141. The lowest BCUT2D eigenvalue weighted by Gasteiger charge is -2.34. The zero-order chi connectivity index (χ0) is 17.1. The maximum absolute atomic E-state index is 11.8. The molecule has 1 aliphatic heterocycles. The molecule has 5 heteroatoms. The first-order valence-electron chi connectivity index (χ1n) is 8.76. The number of aliphatic carboxylic acids is 1. The molecule has 5 nitrogen and oxygen atoms in total. The van der Waals surface area contributed by atoms with Crippen molar-refractivity contribution in [3.8, 4) is 5.75 Å². The fraction of sp³-hybridized carbons (Fsp3) is 0.632.